The Morgan fingerprint density at radius 3 is 2.73 bits per heavy atom. The van der Waals surface area contributed by atoms with Gasteiger partial charge in [0.05, 0.1) is 27.2 Å². The summed E-state index contributed by atoms with van der Waals surface area (Å²) in [6.45, 7) is 0. The van der Waals surface area contributed by atoms with Crippen LogP contribution in [-0.2, 0) is 0 Å². The monoisotopic (exact) mass is 274 g/mol. The van der Waals surface area contributed by atoms with Gasteiger partial charge in [0.1, 0.15) is 0 Å². The SMILES string of the molecule is Brc1nc2ccccc2n1Br. The van der Waals surface area contributed by atoms with E-state index in [9.17, 15) is 0 Å². The fourth-order valence-electron chi connectivity index (χ4n) is 0.967. The van der Waals surface area contributed by atoms with Gasteiger partial charge in [-0.3, -0.25) is 3.59 Å². The third kappa shape index (κ3) is 1.10. The first-order chi connectivity index (χ1) is 5.29. The number of rotatable bonds is 0. The number of benzene rings is 1. The van der Waals surface area contributed by atoms with Crippen molar-refractivity contribution >= 4 is 43.1 Å². The van der Waals surface area contributed by atoms with Crippen molar-refractivity contribution in [1.29, 1.82) is 0 Å². The Morgan fingerprint density at radius 2 is 2.00 bits per heavy atom. The van der Waals surface area contributed by atoms with Crippen molar-refractivity contribution < 1.29 is 0 Å². The van der Waals surface area contributed by atoms with Crippen molar-refractivity contribution in [2.24, 2.45) is 0 Å². The number of fused-ring (bicyclic) bond motifs is 1. The third-order valence-corrected chi connectivity index (χ3v) is 3.19. The fourth-order valence-corrected chi connectivity index (χ4v) is 1.73. The van der Waals surface area contributed by atoms with E-state index >= 15 is 0 Å². The quantitative estimate of drug-likeness (QED) is 0.723. The van der Waals surface area contributed by atoms with Gasteiger partial charge in [-0.25, -0.2) is 4.98 Å². The first-order valence-electron chi connectivity index (χ1n) is 3.08. The molecule has 0 aliphatic rings. The number of para-hydroxylation sites is 2. The van der Waals surface area contributed by atoms with Crippen LogP contribution in [0.5, 0.6) is 0 Å². The predicted molar refractivity (Wildman–Crippen MR) is 51.8 cm³/mol. The van der Waals surface area contributed by atoms with Crippen molar-refractivity contribution in [2.45, 2.75) is 0 Å². The molecular weight excluding hydrogens is 272 g/mol. The summed E-state index contributed by atoms with van der Waals surface area (Å²) < 4.78 is 2.61. The van der Waals surface area contributed by atoms with E-state index in [4.69, 9.17) is 0 Å². The van der Waals surface area contributed by atoms with Gasteiger partial charge in [-0.15, -0.1) is 0 Å². The zero-order chi connectivity index (χ0) is 7.84. The minimum Gasteiger partial charge on any atom is -0.252 e. The molecule has 0 fully saturated rings. The molecule has 0 amide bonds. The van der Waals surface area contributed by atoms with Crippen LogP contribution in [0.25, 0.3) is 11.0 Å². The van der Waals surface area contributed by atoms with E-state index in [-0.39, 0.29) is 0 Å². The average molecular weight is 276 g/mol. The molecule has 0 bridgehead atoms. The van der Waals surface area contributed by atoms with Crippen molar-refractivity contribution in [3.05, 3.63) is 29.0 Å². The molecule has 2 rings (SSSR count). The standard InChI is InChI=1S/C7H4Br2N2/c8-7-10-5-3-1-2-4-6(5)11(7)9/h1-4H. The molecule has 11 heavy (non-hydrogen) atoms. The minimum absolute atomic E-state index is 0.790. The van der Waals surface area contributed by atoms with Crippen LogP contribution in [0.3, 0.4) is 0 Å². The zero-order valence-corrected chi connectivity index (χ0v) is 8.63. The molecule has 1 aromatic heterocycles. The van der Waals surface area contributed by atoms with Gasteiger partial charge >= 0.3 is 0 Å². The summed E-state index contributed by atoms with van der Waals surface area (Å²) in [6.07, 6.45) is 0. The molecule has 0 saturated carbocycles. The maximum Gasteiger partial charge on any atom is 0.188 e. The highest BCUT2D eigenvalue weighted by Gasteiger charge is 2.03. The molecule has 0 aliphatic carbocycles. The van der Waals surface area contributed by atoms with E-state index in [0.29, 0.717) is 0 Å². The van der Waals surface area contributed by atoms with E-state index in [1.165, 1.54) is 0 Å². The minimum atomic E-state index is 0.790. The van der Waals surface area contributed by atoms with Gasteiger partial charge < -0.3 is 0 Å². The molecule has 0 radical (unpaired) electrons. The number of halogens is 2. The van der Waals surface area contributed by atoms with E-state index in [1.807, 2.05) is 27.9 Å². The molecule has 56 valence electrons. The van der Waals surface area contributed by atoms with Gasteiger partial charge in [-0.1, -0.05) is 12.1 Å². The van der Waals surface area contributed by atoms with Crippen molar-refractivity contribution in [2.75, 3.05) is 0 Å². The first kappa shape index (κ1) is 7.31. The summed E-state index contributed by atoms with van der Waals surface area (Å²) in [5, 5.41) is 0. The smallest absolute Gasteiger partial charge is 0.188 e. The number of aromatic nitrogens is 2. The summed E-state index contributed by atoms with van der Waals surface area (Å²) in [5.74, 6) is 0. The molecule has 0 unspecified atom stereocenters. The number of hydrogen-bond acceptors (Lipinski definition) is 1. The predicted octanol–water partition coefficient (Wildman–Crippen LogP) is 2.96. The van der Waals surface area contributed by atoms with E-state index < -0.39 is 0 Å². The molecule has 1 aromatic carbocycles. The lowest BCUT2D eigenvalue weighted by Crippen LogP contribution is -1.75. The van der Waals surface area contributed by atoms with E-state index in [2.05, 4.69) is 37.1 Å². The Hall–Kier alpha value is -0.350. The van der Waals surface area contributed by atoms with Crippen LogP contribution in [0.4, 0.5) is 0 Å². The molecular formula is C7H4Br2N2. The van der Waals surface area contributed by atoms with Gasteiger partial charge in [-0.05, 0) is 28.1 Å². The summed E-state index contributed by atoms with van der Waals surface area (Å²) >= 11 is 6.67. The molecule has 0 spiro atoms. The lowest BCUT2D eigenvalue weighted by molar-refractivity contribution is 1.22. The molecule has 0 saturated heterocycles. The van der Waals surface area contributed by atoms with Gasteiger partial charge in [0, 0.05) is 0 Å². The van der Waals surface area contributed by atoms with Crippen LogP contribution in [0.2, 0.25) is 0 Å². The topological polar surface area (TPSA) is 17.8 Å². The van der Waals surface area contributed by atoms with E-state index in [0.717, 1.165) is 15.8 Å². The van der Waals surface area contributed by atoms with Gasteiger partial charge in [0.15, 0.2) is 4.73 Å². The second-order valence-corrected chi connectivity index (χ2v) is 3.57. The highest BCUT2D eigenvalue weighted by atomic mass is 79.9. The van der Waals surface area contributed by atoms with Gasteiger partial charge in [-0.2, -0.15) is 0 Å². The number of hydrogen-bond donors (Lipinski definition) is 0. The van der Waals surface area contributed by atoms with E-state index in [1.54, 1.807) is 0 Å². The van der Waals surface area contributed by atoms with Crippen molar-refractivity contribution in [3.8, 4) is 0 Å². The largest absolute Gasteiger partial charge is 0.252 e. The first-order valence-corrected chi connectivity index (χ1v) is 4.58. The molecule has 2 nitrogen and oxygen atoms in total. The van der Waals surface area contributed by atoms with Crippen LogP contribution >= 0.6 is 32.1 Å². The van der Waals surface area contributed by atoms with Crippen molar-refractivity contribution in [3.63, 3.8) is 0 Å². The Bertz CT molecular complexity index is 394. The second kappa shape index (κ2) is 2.60. The van der Waals surface area contributed by atoms with Crippen molar-refractivity contribution in [1.82, 2.24) is 8.58 Å². The maximum atomic E-state index is 4.25. The maximum absolute atomic E-state index is 4.25. The average Bonchev–Trinajstić information content (AvgIpc) is 2.30. The Kier molecular flexibility index (Phi) is 1.73. The summed E-state index contributed by atoms with van der Waals surface area (Å²) in [4.78, 5) is 4.25. The second-order valence-electron chi connectivity index (χ2n) is 2.15. The Balaban J connectivity index is 2.92. The molecule has 0 aliphatic heterocycles. The number of nitrogens with zero attached hydrogens (tertiary/aromatic N) is 2. The Morgan fingerprint density at radius 1 is 1.27 bits per heavy atom. The normalized spacial score (nSPS) is 10.7. The van der Waals surface area contributed by atoms with Gasteiger partial charge in [0.2, 0.25) is 0 Å². The van der Waals surface area contributed by atoms with Crippen LogP contribution in [0.1, 0.15) is 0 Å². The summed E-state index contributed by atoms with van der Waals surface area (Å²) in [6, 6.07) is 7.92. The lowest BCUT2D eigenvalue weighted by Gasteiger charge is -1.89. The van der Waals surface area contributed by atoms with Crippen LogP contribution in [0.15, 0.2) is 29.0 Å². The van der Waals surface area contributed by atoms with Crippen LogP contribution in [0, 0.1) is 0 Å². The third-order valence-electron chi connectivity index (χ3n) is 1.47. The Labute approximate surface area is 80.7 Å². The molecule has 2 aromatic rings. The number of imidazole rings is 1. The van der Waals surface area contributed by atoms with Crippen LogP contribution < -0.4 is 0 Å². The molecule has 1 heterocycles. The lowest BCUT2D eigenvalue weighted by atomic mass is 10.3. The summed E-state index contributed by atoms with van der Waals surface area (Å²) in [7, 11) is 0. The highest BCUT2D eigenvalue weighted by molar-refractivity contribution is 9.11. The summed E-state index contributed by atoms with van der Waals surface area (Å²) in [5.41, 5.74) is 2.05. The van der Waals surface area contributed by atoms with Gasteiger partial charge in [0.25, 0.3) is 0 Å². The van der Waals surface area contributed by atoms with Crippen LogP contribution in [-0.4, -0.2) is 8.58 Å². The molecule has 0 N–H and O–H groups in total. The highest BCUT2D eigenvalue weighted by Crippen LogP contribution is 2.21. The molecule has 0 atom stereocenters. The zero-order valence-electron chi connectivity index (χ0n) is 5.46. The molecule has 4 heteroatoms. The fraction of sp³-hybridized carbons (Fsp3) is 0.